The maximum atomic E-state index is 12.4. The van der Waals surface area contributed by atoms with Crippen LogP contribution in [0.5, 0.6) is 0 Å². The molecule has 30 heavy (non-hydrogen) atoms. The first-order chi connectivity index (χ1) is 14.4. The minimum Gasteiger partial charge on any atom is -0.478 e. The summed E-state index contributed by atoms with van der Waals surface area (Å²) in [6, 6.07) is 16.8. The Kier molecular flexibility index (Phi) is 5.75. The highest BCUT2D eigenvalue weighted by atomic mass is 16.4. The lowest BCUT2D eigenvalue weighted by molar-refractivity contribution is -0.112. The number of rotatable bonds is 6. The van der Waals surface area contributed by atoms with Gasteiger partial charge in [0.05, 0.1) is 16.8 Å². The van der Waals surface area contributed by atoms with Gasteiger partial charge in [-0.05, 0) is 36.4 Å². The van der Waals surface area contributed by atoms with Gasteiger partial charge in [-0.2, -0.15) is 5.26 Å². The molecule has 2 aromatic carbocycles. The Morgan fingerprint density at radius 3 is 2.27 bits per heavy atom. The average molecular weight is 402 g/mol. The molecule has 3 rings (SSSR count). The number of aromatic carboxylic acids is 2. The molecule has 0 radical (unpaired) electrons. The average Bonchev–Trinajstić information content (AvgIpc) is 3.21. The molecule has 0 unspecified atom stereocenters. The molecule has 0 saturated carbocycles. The van der Waals surface area contributed by atoms with Gasteiger partial charge in [0.1, 0.15) is 23.2 Å². The van der Waals surface area contributed by atoms with Crippen molar-refractivity contribution in [1.82, 2.24) is 0 Å². The number of benzene rings is 2. The number of hydrogen-bond donors (Lipinski definition) is 3. The van der Waals surface area contributed by atoms with Crippen molar-refractivity contribution in [2.75, 3.05) is 5.32 Å². The summed E-state index contributed by atoms with van der Waals surface area (Å²) in [5.41, 5.74) is 0.439. The number of anilines is 1. The van der Waals surface area contributed by atoms with Crippen LogP contribution in [-0.4, -0.2) is 28.1 Å². The Balaban J connectivity index is 1.82. The number of nitriles is 1. The molecule has 0 atom stereocenters. The fraction of sp³-hybridized carbons (Fsp3) is 0. The molecule has 1 aromatic heterocycles. The highest BCUT2D eigenvalue weighted by molar-refractivity contribution is 6.11. The predicted octanol–water partition coefficient (Wildman–Crippen LogP) is 3.89. The van der Waals surface area contributed by atoms with Crippen molar-refractivity contribution in [3.8, 4) is 17.4 Å². The molecule has 148 valence electrons. The minimum atomic E-state index is -1.21. The first-order valence-electron chi connectivity index (χ1n) is 8.58. The van der Waals surface area contributed by atoms with Crippen LogP contribution in [0.3, 0.4) is 0 Å². The van der Waals surface area contributed by atoms with E-state index in [2.05, 4.69) is 5.32 Å². The maximum absolute atomic E-state index is 12.4. The molecular formula is C22H14N2O6. The van der Waals surface area contributed by atoms with Crippen LogP contribution >= 0.6 is 0 Å². The molecule has 3 N–H and O–H groups in total. The summed E-state index contributed by atoms with van der Waals surface area (Å²) in [4.78, 5) is 34.6. The van der Waals surface area contributed by atoms with Gasteiger partial charge in [-0.25, -0.2) is 9.59 Å². The quantitative estimate of drug-likeness (QED) is 0.419. The van der Waals surface area contributed by atoms with E-state index in [0.717, 1.165) is 0 Å². The number of carbonyl (C=O) groups is 3. The maximum Gasteiger partial charge on any atom is 0.337 e. The Labute approximate surface area is 170 Å². The van der Waals surface area contributed by atoms with Gasteiger partial charge in [-0.15, -0.1) is 0 Å². The van der Waals surface area contributed by atoms with Crippen LogP contribution in [0, 0.1) is 11.3 Å². The van der Waals surface area contributed by atoms with Gasteiger partial charge in [0.25, 0.3) is 5.91 Å². The van der Waals surface area contributed by atoms with E-state index in [4.69, 9.17) is 9.52 Å². The van der Waals surface area contributed by atoms with E-state index in [1.54, 1.807) is 36.4 Å². The fourth-order valence-corrected chi connectivity index (χ4v) is 2.62. The second-order valence-electron chi connectivity index (χ2n) is 6.06. The normalized spacial score (nSPS) is 10.8. The molecule has 1 amide bonds. The summed E-state index contributed by atoms with van der Waals surface area (Å²) in [6.45, 7) is 0. The van der Waals surface area contributed by atoms with E-state index in [1.165, 1.54) is 36.4 Å². The molecule has 0 spiro atoms. The van der Waals surface area contributed by atoms with Crippen LogP contribution in [0.4, 0.5) is 5.69 Å². The number of para-hydroxylation sites is 1. The number of hydrogen-bond acceptors (Lipinski definition) is 5. The summed E-state index contributed by atoms with van der Waals surface area (Å²) >= 11 is 0. The van der Waals surface area contributed by atoms with Gasteiger partial charge >= 0.3 is 11.9 Å². The number of nitrogens with zero attached hydrogens (tertiary/aromatic N) is 1. The minimum absolute atomic E-state index is 0.0646. The van der Waals surface area contributed by atoms with Crippen LogP contribution in [0.25, 0.3) is 17.4 Å². The van der Waals surface area contributed by atoms with E-state index >= 15 is 0 Å². The van der Waals surface area contributed by atoms with Crippen molar-refractivity contribution in [2.45, 2.75) is 0 Å². The van der Waals surface area contributed by atoms with E-state index < -0.39 is 17.8 Å². The number of amides is 1. The molecule has 8 heteroatoms. The zero-order valence-electron chi connectivity index (χ0n) is 15.3. The molecule has 1 heterocycles. The molecule has 0 fully saturated rings. The van der Waals surface area contributed by atoms with Gasteiger partial charge in [0, 0.05) is 11.6 Å². The van der Waals surface area contributed by atoms with Crippen LogP contribution in [0.2, 0.25) is 0 Å². The summed E-state index contributed by atoms with van der Waals surface area (Å²) in [7, 11) is 0. The first-order valence-corrected chi connectivity index (χ1v) is 8.58. The van der Waals surface area contributed by atoms with E-state index in [1.807, 2.05) is 0 Å². The van der Waals surface area contributed by atoms with E-state index in [9.17, 15) is 24.8 Å². The van der Waals surface area contributed by atoms with Crippen LogP contribution in [-0.2, 0) is 4.79 Å². The predicted molar refractivity (Wildman–Crippen MR) is 107 cm³/mol. The van der Waals surface area contributed by atoms with Crippen molar-refractivity contribution < 1.29 is 29.0 Å². The fourth-order valence-electron chi connectivity index (χ4n) is 2.62. The van der Waals surface area contributed by atoms with Gasteiger partial charge in [0.2, 0.25) is 0 Å². The first kappa shape index (κ1) is 20.1. The third-order valence-corrected chi connectivity index (χ3v) is 4.10. The SMILES string of the molecule is N#C/C(=C\c1ccc(-c2ccc(C(=O)O)cc2)o1)C(=O)Nc1ccccc1C(=O)O. The molecule has 8 nitrogen and oxygen atoms in total. The zero-order chi connectivity index (χ0) is 21.7. The monoisotopic (exact) mass is 402 g/mol. The molecule has 0 aliphatic rings. The third-order valence-electron chi connectivity index (χ3n) is 4.10. The third kappa shape index (κ3) is 4.43. The smallest absolute Gasteiger partial charge is 0.337 e. The topological polar surface area (TPSA) is 141 Å². The number of furan rings is 1. The van der Waals surface area contributed by atoms with Crippen molar-refractivity contribution in [3.05, 3.63) is 83.1 Å². The van der Waals surface area contributed by atoms with Gasteiger partial charge in [0.15, 0.2) is 0 Å². The van der Waals surface area contributed by atoms with Gasteiger partial charge < -0.3 is 19.9 Å². The molecule has 3 aromatic rings. The largest absolute Gasteiger partial charge is 0.478 e. The second kappa shape index (κ2) is 8.58. The lowest BCUT2D eigenvalue weighted by Crippen LogP contribution is -2.16. The lowest BCUT2D eigenvalue weighted by atomic mass is 10.1. The van der Waals surface area contributed by atoms with E-state index in [0.29, 0.717) is 11.3 Å². The van der Waals surface area contributed by atoms with Crippen molar-refractivity contribution >= 4 is 29.6 Å². The summed E-state index contributed by atoms with van der Waals surface area (Å²) in [5, 5.41) is 29.9. The van der Waals surface area contributed by atoms with Crippen LogP contribution in [0.1, 0.15) is 26.5 Å². The lowest BCUT2D eigenvalue weighted by Gasteiger charge is -2.07. The Morgan fingerprint density at radius 2 is 1.63 bits per heavy atom. The number of carbonyl (C=O) groups excluding carboxylic acids is 1. The summed E-state index contributed by atoms with van der Waals surface area (Å²) in [6.07, 6.45) is 1.23. The highest BCUT2D eigenvalue weighted by Crippen LogP contribution is 2.24. The van der Waals surface area contributed by atoms with Gasteiger partial charge in [-0.3, -0.25) is 4.79 Å². The molecule has 0 aliphatic carbocycles. The molecule has 0 aliphatic heterocycles. The second-order valence-corrected chi connectivity index (χ2v) is 6.06. The van der Waals surface area contributed by atoms with Gasteiger partial charge in [-0.1, -0.05) is 24.3 Å². The highest BCUT2D eigenvalue weighted by Gasteiger charge is 2.15. The van der Waals surface area contributed by atoms with Crippen molar-refractivity contribution in [3.63, 3.8) is 0 Å². The molecule has 0 saturated heterocycles. The van der Waals surface area contributed by atoms with Crippen molar-refractivity contribution in [1.29, 1.82) is 5.26 Å². The standard InChI is InChI=1S/C22H14N2O6/c23-12-15(20(25)24-18-4-2-1-3-17(18)22(28)29)11-16-9-10-19(30-16)13-5-7-14(8-6-13)21(26)27/h1-11H,(H,24,25)(H,26,27)(H,28,29)/b15-11+. The van der Waals surface area contributed by atoms with E-state index in [-0.39, 0.29) is 28.1 Å². The Hall–Kier alpha value is -4.64. The Morgan fingerprint density at radius 1 is 0.933 bits per heavy atom. The summed E-state index contributed by atoms with van der Waals surface area (Å²) in [5.74, 6) is -2.38. The Bertz CT molecular complexity index is 1200. The van der Waals surface area contributed by atoms with Crippen molar-refractivity contribution in [2.24, 2.45) is 0 Å². The van der Waals surface area contributed by atoms with Crippen LogP contribution in [0.15, 0.2) is 70.7 Å². The zero-order valence-corrected chi connectivity index (χ0v) is 15.3. The summed E-state index contributed by atoms with van der Waals surface area (Å²) < 4.78 is 5.62. The van der Waals surface area contributed by atoms with Crippen LogP contribution < -0.4 is 5.32 Å². The molecular weight excluding hydrogens is 388 g/mol. The number of nitrogens with one attached hydrogen (secondary N) is 1. The molecule has 0 bridgehead atoms. The number of carboxylic acid groups (broad SMARTS) is 2. The number of carboxylic acids is 2.